The van der Waals surface area contributed by atoms with Gasteiger partial charge in [0.05, 0.1) is 6.07 Å². The molecular formula is C12H16N2O. The van der Waals surface area contributed by atoms with E-state index in [2.05, 4.69) is 6.07 Å². The van der Waals surface area contributed by atoms with Gasteiger partial charge in [-0.25, -0.2) is 0 Å². The first-order chi connectivity index (χ1) is 7.25. The summed E-state index contributed by atoms with van der Waals surface area (Å²) in [5.41, 5.74) is -0.600. The summed E-state index contributed by atoms with van der Waals surface area (Å²) in [7, 11) is 0. The third kappa shape index (κ3) is 1.62. The van der Waals surface area contributed by atoms with Crippen molar-refractivity contribution in [1.82, 2.24) is 4.90 Å². The molecule has 0 bridgehead atoms. The molecule has 0 aliphatic heterocycles. The maximum atomic E-state index is 12.2. The van der Waals surface area contributed by atoms with Gasteiger partial charge in [0.15, 0.2) is 0 Å². The summed E-state index contributed by atoms with van der Waals surface area (Å²) >= 11 is 0. The van der Waals surface area contributed by atoms with E-state index in [-0.39, 0.29) is 5.91 Å². The Morgan fingerprint density at radius 2 is 2.00 bits per heavy atom. The third-order valence-corrected chi connectivity index (χ3v) is 3.77. The van der Waals surface area contributed by atoms with Crippen molar-refractivity contribution in [3.63, 3.8) is 0 Å². The van der Waals surface area contributed by atoms with E-state index >= 15 is 0 Å². The van der Waals surface area contributed by atoms with E-state index in [4.69, 9.17) is 5.26 Å². The van der Waals surface area contributed by atoms with Crippen LogP contribution in [0.1, 0.15) is 38.5 Å². The lowest BCUT2D eigenvalue weighted by molar-refractivity contribution is -0.135. The van der Waals surface area contributed by atoms with Crippen LogP contribution in [0.3, 0.4) is 0 Å². The summed E-state index contributed by atoms with van der Waals surface area (Å²) in [6.45, 7) is 0.924. The van der Waals surface area contributed by atoms with Crippen LogP contribution in [0.5, 0.6) is 0 Å². The van der Waals surface area contributed by atoms with Gasteiger partial charge in [-0.05, 0) is 44.4 Å². The normalized spacial score (nSPS) is 26.9. The van der Waals surface area contributed by atoms with Gasteiger partial charge < -0.3 is 4.90 Å². The average molecular weight is 204 g/mol. The Bertz CT molecular complexity index is 332. The standard InChI is InChI=1S/C12H16N2O/c13-8-12(5-6-12)11(15)14(10-3-4-10)7-9-1-2-9/h9-10H,1-7H2. The minimum Gasteiger partial charge on any atom is -0.338 e. The number of amides is 1. The molecule has 3 aliphatic carbocycles. The van der Waals surface area contributed by atoms with Crippen molar-refractivity contribution in [2.75, 3.05) is 6.54 Å². The summed E-state index contributed by atoms with van der Waals surface area (Å²) < 4.78 is 0. The molecule has 0 aromatic heterocycles. The molecule has 0 spiro atoms. The fourth-order valence-electron chi connectivity index (χ4n) is 2.14. The van der Waals surface area contributed by atoms with Crippen molar-refractivity contribution in [3.05, 3.63) is 0 Å². The van der Waals surface area contributed by atoms with Crippen LogP contribution in [0.25, 0.3) is 0 Å². The number of hydrogen-bond acceptors (Lipinski definition) is 2. The monoisotopic (exact) mass is 204 g/mol. The summed E-state index contributed by atoms with van der Waals surface area (Å²) in [6, 6.07) is 2.69. The van der Waals surface area contributed by atoms with E-state index in [0.717, 1.165) is 38.1 Å². The molecule has 0 aromatic rings. The van der Waals surface area contributed by atoms with Crippen molar-refractivity contribution >= 4 is 5.91 Å². The molecule has 0 unspecified atom stereocenters. The van der Waals surface area contributed by atoms with E-state index < -0.39 is 5.41 Å². The van der Waals surface area contributed by atoms with Gasteiger partial charge in [0.2, 0.25) is 5.91 Å². The highest BCUT2D eigenvalue weighted by Gasteiger charge is 2.54. The van der Waals surface area contributed by atoms with Gasteiger partial charge in [-0.2, -0.15) is 5.26 Å². The van der Waals surface area contributed by atoms with Gasteiger partial charge in [0.1, 0.15) is 5.41 Å². The highest BCUT2D eigenvalue weighted by atomic mass is 16.2. The second kappa shape index (κ2) is 2.98. The zero-order valence-electron chi connectivity index (χ0n) is 8.91. The van der Waals surface area contributed by atoms with E-state index in [1.165, 1.54) is 12.8 Å². The highest BCUT2D eigenvalue weighted by molar-refractivity contribution is 5.88. The number of rotatable bonds is 4. The molecule has 0 aromatic carbocycles. The first kappa shape index (κ1) is 9.21. The molecule has 15 heavy (non-hydrogen) atoms. The Labute approximate surface area is 90.1 Å². The first-order valence-corrected chi connectivity index (χ1v) is 5.97. The minimum atomic E-state index is -0.600. The van der Waals surface area contributed by atoms with Crippen LogP contribution in [-0.4, -0.2) is 23.4 Å². The lowest BCUT2D eigenvalue weighted by atomic mass is 10.1. The third-order valence-electron chi connectivity index (χ3n) is 3.77. The molecule has 0 saturated heterocycles. The van der Waals surface area contributed by atoms with Crippen molar-refractivity contribution in [1.29, 1.82) is 5.26 Å². The lowest BCUT2D eigenvalue weighted by Crippen LogP contribution is -2.39. The largest absolute Gasteiger partial charge is 0.338 e. The van der Waals surface area contributed by atoms with Crippen molar-refractivity contribution in [2.24, 2.45) is 11.3 Å². The summed E-state index contributed by atoms with van der Waals surface area (Å²) in [5, 5.41) is 9.03. The minimum absolute atomic E-state index is 0.138. The smallest absolute Gasteiger partial charge is 0.243 e. The van der Waals surface area contributed by atoms with Crippen molar-refractivity contribution in [2.45, 2.75) is 44.6 Å². The molecule has 1 amide bonds. The Kier molecular flexibility index (Phi) is 1.83. The second-order valence-corrected chi connectivity index (χ2v) is 5.33. The maximum Gasteiger partial charge on any atom is 0.243 e. The average Bonchev–Trinajstić information content (AvgIpc) is 3.14. The molecular weight excluding hydrogens is 188 g/mol. The van der Waals surface area contributed by atoms with Crippen molar-refractivity contribution in [3.8, 4) is 6.07 Å². The number of carbonyl (C=O) groups excluding carboxylic acids is 1. The maximum absolute atomic E-state index is 12.2. The van der Waals surface area contributed by atoms with E-state index in [1.54, 1.807) is 0 Å². The molecule has 80 valence electrons. The zero-order valence-corrected chi connectivity index (χ0v) is 8.91. The van der Waals surface area contributed by atoms with Crippen LogP contribution >= 0.6 is 0 Å². The summed E-state index contributed by atoms with van der Waals surface area (Å²) in [4.78, 5) is 14.2. The number of carbonyl (C=O) groups is 1. The Balaban J connectivity index is 1.71. The molecule has 3 aliphatic rings. The van der Waals surface area contributed by atoms with Gasteiger partial charge in [-0.3, -0.25) is 4.79 Å². The molecule has 3 fully saturated rings. The molecule has 3 nitrogen and oxygen atoms in total. The van der Waals surface area contributed by atoms with Crippen LogP contribution in [0.4, 0.5) is 0 Å². The van der Waals surface area contributed by atoms with Gasteiger partial charge in [-0.1, -0.05) is 0 Å². The molecule has 0 N–H and O–H groups in total. The Hall–Kier alpha value is -1.04. The van der Waals surface area contributed by atoms with Crippen LogP contribution in [0.15, 0.2) is 0 Å². The fourth-order valence-corrected chi connectivity index (χ4v) is 2.14. The molecule has 0 atom stereocenters. The van der Waals surface area contributed by atoms with Gasteiger partial charge in [0.25, 0.3) is 0 Å². The molecule has 3 heteroatoms. The van der Waals surface area contributed by atoms with Gasteiger partial charge in [0, 0.05) is 12.6 Å². The van der Waals surface area contributed by atoms with E-state index in [1.807, 2.05) is 4.90 Å². The van der Waals surface area contributed by atoms with Crippen LogP contribution in [0.2, 0.25) is 0 Å². The first-order valence-electron chi connectivity index (χ1n) is 5.97. The van der Waals surface area contributed by atoms with Crippen molar-refractivity contribution < 1.29 is 4.79 Å². The fraction of sp³-hybridized carbons (Fsp3) is 0.833. The SMILES string of the molecule is N#CC1(C(=O)N(CC2CC2)C2CC2)CC1. The number of nitriles is 1. The van der Waals surface area contributed by atoms with Gasteiger partial charge in [-0.15, -0.1) is 0 Å². The molecule has 3 saturated carbocycles. The van der Waals surface area contributed by atoms with Crippen LogP contribution < -0.4 is 0 Å². The van der Waals surface area contributed by atoms with E-state index in [9.17, 15) is 4.79 Å². The Morgan fingerprint density at radius 3 is 2.40 bits per heavy atom. The van der Waals surface area contributed by atoms with Gasteiger partial charge >= 0.3 is 0 Å². The van der Waals surface area contributed by atoms with Crippen LogP contribution in [-0.2, 0) is 4.79 Å². The number of nitrogens with zero attached hydrogens (tertiary/aromatic N) is 2. The molecule has 3 rings (SSSR count). The lowest BCUT2D eigenvalue weighted by Gasteiger charge is -2.24. The summed E-state index contributed by atoms with van der Waals surface area (Å²) in [5.74, 6) is 0.878. The van der Waals surface area contributed by atoms with E-state index in [0.29, 0.717) is 6.04 Å². The topological polar surface area (TPSA) is 44.1 Å². The predicted molar refractivity (Wildman–Crippen MR) is 54.7 cm³/mol. The predicted octanol–water partition coefficient (Wildman–Crippen LogP) is 1.69. The second-order valence-electron chi connectivity index (χ2n) is 5.33. The quantitative estimate of drug-likeness (QED) is 0.699. The highest BCUT2D eigenvalue weighted by Crippen LogP contribution is 2.48. The summed E-state index contributed by atoms with van der Waals surface area (Å²) in [6.07, 6.45) is 6.43. The molecule has 0 radical (unpaired) electrons. The van der Waals surface area contributed by atoms with Crippen LogP contribution in [0, 0.1) is 22.7 Å². The Morgan fingerprint density at radius 1 is 1.33 bits per heavy atom. The number of hydrogen-bond donors (Lipinski definition) is 0. The molecule has 0 heterocycles. The zero-order chi connectivity index (χ0) is 10.5.